The van der Waals surface area contributed by atoms with E-state index in [1.165, 1.54) is 24.0 Å². The minimum absolute atomic E-state index is 0.00116. The van der Waals surface area contributed by atoms with Crippen LogP contribution in [-0.4, -0.2) is 39.9 Å². The number of pyridine rings is 3. The molecule has 5 aromatic rings. The maximum absolute atomic E-state index is 13.6. The van der Waals surface area contributed by atoms with Crippen molar-refractivity contribution in [3.63, 3.8) is 0 Å². The highest BCUT2D eigenvalue weighted by atomic mass is 19.4. The quantitative estimate of drug-likeness (QED) is 0.345. The molecular weight excluding hydrogens is 517 g/mol. The summed E-state index contributed by atoms with van der Waals surface area (Å²) in [5.74, 6) is 0.515. The van der Waals surface area contributed by atoms with Crippen LogP contribution >= 0.6 is 0 Å². The first-order valence-corrected chi connectivity index (χ1v) is 11.8. The number of nitrogens with zero attached hydrogens (tertiary/aromatic N) is 7. The highest BCUT2D eigenvalue weighted by Crippen LogP contribution is 2.36. The van der Waals surface area contributed by atoms with Crippen molar-refractivity contribution in [3.8, 4) is 17.6 Å². The molecule has 1 aliphatic rings. The number of anilines is 2. The smallest absolute Gasteiger partial charge is 0.417 e. The van der Waals surface area contributed by atoms with Crippen LogP contribution in [0.4, 0.5) is 24.8 Å². The first kappa shape index (κ1) is 24.4. The Morgan fingerprint density at radius 2 is 2.03 bits per heavy atom. The Balaban J connectivity index is 1.41. The molecule has 0 amide bonds. The standard InChI is InChI=1S/C25H19F3N8O3/c1-34-21-16(9-29)19(39-20-11-31-36-5-3-2-4-18(20)36)10-30-22(21)33-24(34)32-17-6-13(25(26,27)28)12-35(23(17)38)14-7-15(37)8-14/h2-6,10-12,14-15,37H,7-8H2,1H3,(H,30,32,33)/t14-,15+. The van der Waals surface area contributed by atoms with Crippen molar-refractivity contribution < 1.29 is 23.0 Å². The van der Waals surface area contributed by atoms with Crippen LogP contribution in [0.25, 0.3) is 16.7 Å². The third-order valence-electron chi connectivity index (χ3n) is 6.69. The molecule has 11 nitrogen and oxygen atoms in total. The van der Waals surface area contributed by atoms with Gasteiger partial charge in [0, 0.05) is 25.5 Å². The number of alkyl halides is 3. The lowest BCUT2D eigenvalue weighted by atomic mass is 9.89. The Morgan fingerprint density at radius 3 is 2.74 bits per heavy atom. The lowest BCUT2D eigenvalue weighted by Gasteiger charge is -2.33. The molecule has 1 fully saturated rings. The largest absolute Gasteiger partial charge is 0.450 e. The average molecular weight is 536 g/mol. The maximum atomic E-state index is 13.6. The van der Waals surface area contributed by atoms with Crippen molar-refractivity contribution in [3.05, 3.63) is 70.5 Å². The second-order valence-corrected chi connectivity index (χ2v) is 9.17. The van der Waals surface area contributed by atoms with E-state index < -0.39 is 29.4 Å². The monoisotopic (exact) mass is 536 g/mol. The highest BCUT2D eigenvalue weighted by molar-refractivity contribution is 5.84. The molecule has 0 bridgehead atoms. The van der Waals surface area contributed by atoms with E-state index in [4.69, 9.17) is 4.74 Å². The number of aliphatic hydroxyl groups excluding tert-OH is 1. The summed E-state index contributed by atoms with van der Waals surface area (Å²) in [7, 11) is 1.54. The van der Waals surface area contributed by atoms with Gasteiger partial charge in [0.25, 0.3) is 5.56 Å². The van der Waals surface area contributed by atoms with Crippen molar-refractivity contribution in [1.29, 1.82) is 5.26 Å². The SMILES string of the molecule is Cn1c(Nc2cc(C(F)(F)F)cn([C@H]3C[C@@H](O)C3)c2=O)nc2ncc(Oc3cnn4ccccc34)c(C#N)c21. The number of rotatable bonds is 5. The summed E-state index contributed by atoms with van der Waals surface area (Å²) >= 11 is 0. The van der Waals surface area contributed by atoms with E-state index in [9.17, 15) is 28.3 Å². The number of hydrogen-bond acceptors (Lipinski definition) is 8. The maximum Gasteiger partial charge on any atom is 0.417 e. The lowest BCUT2D eigenvalue weighted by Crippen LogP contribution is -2.37. The molecule has 0 radical (unpaired) electrons. The van der Waals surface area contributed by atoms with Crippen molar-refractivity contribution in [2.24, 2.45) is 7.05 Å². The van der Waals surface area contributed by atoms with Gasteiger partial charge in [0.2, 0.25) is 5.95 Å². The molecule has 0 aliphatic heterocycles. The zero-order valence-corrected chi connectivity index (χ0v) is 20.2. The molecule has 39 heavy (non-hydrogen) atoms. The fourth-order valence-electron chi connectivity index (χ4n) is 4.58. The number of aliphatic hydroxyl groups is 1. The number of aromatic nitrogens is 6. The van der Waals surface area contributed by atoms with Crippen LogP contribution < -0.4 is 15.6 Å². The number of imidazole rings is 1. The zero-order valence-electron chi connectivity index (χ0n) is 20.2. The molecular formula is C25H19F3N8O3. The normalized spacial score (nSPS) is 17.2. The van der Waals surface area contributed by atoms with E-state index in [1.807, 2.05) is 6.07 Å². The Kier molecular flexibility index (Phi) is 5.54. The van der Waals surface area contributed by atoms with Gasteiger partial charge >= 0.3 is 6.18 Å². The van der Waals surface area contributed by atoms with Crippen LogP contribution in [-0.2, 0) is 13.2 Å². The van der Waals surface area contributed by atoms with E-state index in [0.29, 0.717) is 17.3 Å². The Morgan fingerprint density at radius 1 is 1.23 bits per heavy atom. The van der Waals surface area contributed by atoms with Gasteiger partial charge in [0.05, 0.1) is 24.1 Å². The molecule has 0 atom stereocenters. The van der Waals surface area contributed by atoms with Gasteiger partial charge in [-0.3, -0.25) is 4.79 Å². The van der Waals surface area contributed by atoms with Crippen LogP contribution in [0.3, 0.4) is 0 Å². The molecule has 0 unspecified atom stereocenters. The molecule has 0 saturated heterocycles. The van der Waals surface area contributed by atoms with Gasteiger partial charge in [0.1, 0.15) is 28.4 Å². The van der Waals surface area contributed by atoms with Crippen LogP contribution in [0, 0.1) is 11.3 Å². The molecule has 1 saturated carbocycles. The number of ether oxygens (including phenoxy) is 1. The number of fused-ring (bicyclic) bond motifs is 2. The van der Waals surface area contributed by atoms with Crippen molar-refractivity contribution in [1.82, 2.24) is 28.7 Å². The summed E-state index contributed by atoms with van der Waals surface area (Å²) in [4.78, 5) is 21.7. The van der Waals surface area contributed by atoms with Gasteiger partial charge in [-0.05, 0) is 31.0 Å². The molecule has 0 aromatic carbocycles. The summed E-state index contributed by atoms with van der Waals surface area (Å²) in [5, 5.41) is 26.5. The number of aryl methyl sites for hydroxylation is 1. The summed E-state index contributed by atoms with van der Waals surface area (Å²) < 4.78 is 50.9. The van der Waals surface area contributed by atoms with Crippen molar-refractivity contribution in [2.75, 3.05) is 5.32 Å². The number of nitriles is 1. The van der Waals surface area contributed by atoms with E-state index in [0.717, 1.165) is 10.8 Å². The van der Waals surface area contributed by atoms with Gasteiger partial charge in [-0.25, -0.2) is 9.50 Å². The molecule has 5 aromatic heterocycles. The molecule has 198 valence electrons. The van der Waals surface area contributed by atoms with Gasteiger partial charge in [-0.1, -0.05) is 6.07 Å². The van der Waals surface area contributed by atoms with Crippen LogP contribution in [0.1, 0.15) is 30.0 Å². The topological polar surface area (TPSA) is 135 Å². The fourth-order valence-corrected chi connectivity index (χ4v) is 4.58. The second kappa shape index (κ2) is 8.84. The fraction of sp³-hybridized carbons (Fsp3) is 0.240. The van der Waals surface area contributed by atoms with E-state index in [-0.39, 0.29) is 47.0 Å². The van der Waals surface area contributed by atoms with Crippen molar-refractivity contribution >= 4 is 28.3 Å². The Labute approximate surface area is 217 Å². The molecule has 2 N–H and O–H groups in total. The molecule has 14 heteroatoms. The van der Waals surface area contributed by atoms with Crippen LogP contribution in [0.2, 0.25) is 0 Å². The van der Waals surface area contributed by atoms with Gasteiger partial charge in [-0.15, -0.1) is 0 Å². The molecule has 1 aliphatic carbocycles. The van der Waals surface area contributed by atoms with Crippen LogP contribution in [0.5, 0.6) is 11.5 Å². The molecule has 0 spiro atoms. The summed E-state index contributed by atoms with van der Waals surface area (Å²) in [6.07, 6.45) is 0.303. The molecule has 5 heterocycles. The summed E-state index contributed by atoms with van der Waals surface area (Å²) in [5.41, 5.74) is -0.952. The third kappa shape index (κ3) is 4.12. The first-order valence-electron chi connectivity index (χ1n) is 11.8. The predicted molar refractivity (Wildman–Crippen MR) is 132 cm³/mol. The third-order valence-corrected chi connectivity index (χ3v) is 6.69. The second-order valence-electron chi connectivity index (χ2n) is 9.17. The minimum atomic E-state index is -4.71. The number of nitrogens with one attached hydrogen (secondary N) is 1. The lowest BCUT2D eigenvalue weighted by molar-refractivity contribution is -0.138. The zero-order chi connectivity index (χ0) is 27.5. The Bertz CT molecular complexity index is 1840. The van der Waals surface area contributed by atoms with Crippen molar-refractivity contribution in [2.45, 2.75) is 31.2 Å². The van der Waals surface area contributed by atoms with Gasteiger partial charge in [0.15, 0.2) is 17.1 Å². The van der Waals surface area contributed by atoms with Crippen LogP contribution in [0.15, 0.2) is 53.8 Å². The predicted octanol–water partition coefficient (Wildman–Crippen LogP) is 3.90. The molecule has 6 rings (SSSR count). The number of hydrogen-bond donors (Lipinski definition) is 2. The highest BCUT2D eigenvalue weighted by Gasteiger charge is 2.36. The van der Waals surface area contributed by atoms with E-state index >= 15 is 0 Å². The van der Waals surface area contributed by atoms with E-state index in [2.05, 4.69) is 26.5 Å². The van der Waals surface area contributed by atoms with E-state index in [1.54, 1.807) is 22.8 Å². The van der Waals surface area contributed by atoms with Gasteiger partial charge in [-0.2, -0.15) is 28.5 Å². The number of halogens is 3. The first-order chi connectivity index (χ1) is 18.6. The Hall–Kier alpha value is -4.90. The summed E-state index contributed by atoms with van der Waals surface area (Å²) in [6, 6.07) is 7.65. The minimum Gasteiger partial charge on any atom is -0.450 e. The van der Waals surface area contributed by atoms with Gasteiger partial charge < -0.3 is 24.3 Å². The average Bonchev–Trinajstić information content (AvgIpc) is 3.43. The summed E-state index contributed by atoms with van der Waals surface area (Å²) in [6.45, 7) is 0.